The van der Waals surface area contributed by atoms with Crippen LogP contribution in [-0.4, -0.2) is 24.8 Å². The van der Waals surface area contributed by atoms with Crippen LogP contribution < -0.4 is 4.90 Å². The first-order valence-corrected chi connectivity index (χ1v) is 8.84. The molecular weight excluding hydrogens is 365 g/mol. The number of carbonyl (C=O) groups is 1. The van der Waals surface area contributed by atoms with E-state index >= 15 is 0 Å². The molecule has 0 radical (unpaired) electrons. The van der Waals surface area contributed by atoms with Crippen LogP contribution in [-0.2, 0) is 10.2 Å². The number of carbonyl (C=O) groups excluding carboxylic acids is 1. The maximum atomic E-state index is 13.5. The highest BCUT2D eigenvalue weighted by molar-refractivity contribution is 6.11. The largest absolute Gasteiger partial charge is 0.434 e. The number of likely N-dealkylation sites (N-methyl/N-ethyl adjacent to an activating group) is 1. The summed E-state index contributed by atoms with van der Waals surface area (Å²) in [6, 6.07) is 13.4. The van der Waals surface area contributed by atoms with Gasteiger partial charge in [0.05, 0.1) is 0 Å². The van der Waals surface area contributed by atoms with Gasteiger partial charge in [-0.2, -0.15) is 13.2 Å². The molecular formula is C22H21F3N2O. The molecule has 6 heteroatoms. The fraction of sp³-hybridized carbons (Fsp3) is 0.273. The minimum absolute atomic E-state index is 0.132. The molecule has 0 bridgehead atoms. The minimum atomic E-state index is -4.73. The number of allylic oxidation sites excluding steroid dienone is 1. The van der Waals surface area contributed by atoms with Crippen molar-refractivity contribution in [1.29, 1.82) is 0 Å². The summed E-state index contributed by atoms with van der Waals surface area (Å²) in [5, 5.41) is 0. The lowest BCUT2D eigenvalue weighted by Gasteiger charge is -2.23. The number of aliphatic imine (C=N–C) groups is 1. The zero-order valence-electron chi connectivity index (χ0n) is 16.1. The van der Waals surface area contributed by atoms with Gasteiger partial charge >= 0.3 is 6.18 Å². The van der Waals surface area contributed by atoms with Gasteiger partial charge in [0, 0.05) is 35.5 Å². The van der Waals surface area contributed by atoms with Gasteiger partial charge in [-0.1, -0.05) is 61.9 Å². The molecule has 0 unspecified atom stereocenters. The number of anilines is 1. The van der Waals surface area contributed by atoms with Crippen LogP contribution in [0.25, 0.3) is 0 Å². The first-order valence-electron chi connectivity index (χ1n) is 8.84. The molecule has 0 spiro atoms. The smallest absolute Gasteiger partial charge is 0.347 e. The van der Waals surface area contributed by atoms with Crippen molar-refractivity contribution in [2.75, 3.05) is 11.9 Å². The van der Waals surface area contributed by atoms with Crippen LogP contribution in [0.3, 0.4) is 0 Å². The Morgan fingerprint density at radius 1 is 1.07 bits per heavy atom. The number of benzene rings is 2. The fourth-order valence-corrected chi connectivity index (χ4v) is 3.52. The molecule has 1 aliphatic heterocycles. The van der Waals surface area contributed by atoms with Gasteiger partial charge in [-0.25, -0.2) is 4.99 Å². The van der Waals surface area contributed by atoms with Crippen molar-refractivity contribution < 1.29 is 18.0 Å². The molecule has 0 saturated carbocycles. The molecule has 2 aromatic rings. The Labute approximate surface area is 162 Å². The number of fused-ring (bicyclic) bond motifs is 1. The van der Waals surface area contributed by atoms with Gasteiger partial charge in [-0.3, -0.25) is 4.79 Å². The molecule has 3 nitrogen and oxygen atoms in total. The number of nitrogens with zero attached hydrogens (tertiary/aromatic N) is 2. The summed E-state index contributed by atoms with van der Waals surface area (Å²) < 4.78 is 40.5. The van der Waals surface area contributed by atoms with E-state index in [0.717, 1.165) is 16.8 Å². The fourth-order valence-electron chi connectivity index (χ4n) is 3.52. The number of halogens is 3. The third-order valence-corrected chi connectivity index (χ3v) is 5.02. The Kier molecular flexibility index (Phi) is 4.91. The van der Waals surface area contributed by atoms with Crippen molar-refractivity contribution in [1.82, 2.24) is 0 Å². The summed E-state index contributed by atoms with van der Waals surface area (Å²) in [5.74, 6) is -0.935. The van der Waals surface area contributed by atoms with Crippen LogP contribution in [0.4, 0.5) is 18.9 Å². The molecule has 1 aliphatic rings. The molecule has 28 heavy (non-hydrogen) atoms. The van der Waals surface area contributed by atoms with E-state index in [1.165, 1.54) is 18.2 Å². The molecule has 1 amide bonds. The van der Waals surface area contributed by atoms with Crippen LogP contribution in [0, 0.1) is 6.92 Å². The van der Waals surface area contributed by atoms with Crippen molar-refractivity contribution in [2.45, 2.75) is 32.4 Å². The van der Waals surface area contributed by atoms with E-state index in [1.807, 2.05) is 43.0 Å². The molecule has 2 aromatic carbocycles. The summed E-state index contributed by atoms with van der Waals surface area (Å²) >= 11 is 0. The predicted octanol–water partition coefficient (Wildman–Crippen LogP) is 5.18. The monoisotopic (exact) mass is 386 g/mol. The first-order chi connectivity index (χ1) is 13.0. The highest BCUT2D eigenvalue weighted by atomic mass is 19.4. The zero-order valence-corrected chi connectivity index (χ0v) is 16.1. The number of aryl methyl sites for hydroxylation is 1. The first kappa shape index (κ1) is 19.9. The summed E-state index contributed by atoms with van der Waals surface area (Å²) in [7, 11) is 1.79. The van der Waals surface area contributed by atoms with Crippen LogP contribution >= 0.6 is 0 Å². The third-order valence-electron chi connectivity index (χ3n) is 5.02. The van der Waals surface area contributed by atoms with E-state index in [1.54, 1.807) is 26.1 Å². The molecule has 0 aliphatic carbocycles. The van der Waals surface area contributed by atoms with E-state index in [2.05, 4.69) is 4.99 Å². The standard InChI is InChI=1S/C22H21F3N2O/c1-14-9-11-15(12-10-14)20(22(23,24)25)26-19(28)13-18-21(2,3)16-7-5-6-8-17(16)27(18)4/h5-13H,1-4H3. The maximum Gasteiger partial charge on any atom is 0.434 e. The van der Waals surface area contributed by atoms with Crippen LogP contribution in [0.15, 0.2) is 65.3 Å². The van der Waals surface area contributed by atoms with E-state index in [0.29, 0.717) is 5.70 Å². The Bertz CT molecular complexity index is 970. The van der Waals surface area contributed by atoms with Crippen molar-refractivity contribution >= 4 is 17.3 Å². The third kappa shape index (κ3) is 3.59. The molecule has 0 aromatic heterocycles. The highest BCUT2D eigenvalue weighted by Gasteiger charge is 2.40. The predicted molar refractivity (Wildman–Crippen MR) is 105 cm³/mol. The number of amides is 1. The maximum absolute atomic E-state index is 13.5. The van der Waals surface area contributed by atoms with Crippen molar-refractivity contribution in [3.8, 4) is 0 Å². The van der Waals surface area contributed by atoms with Crippen molar-refractivity contribution in [3.05, 3.63) is 77.0 Å². The molecule has 0 N–H and O–H groups in total. The summed E-state index contributed by atoms with van der Waals surface area (Å²) in [6.07, 6.45) is -3.54. The summed E-state index contributed by atoms with van der Waals surface area (Å²) in [4.78, 5) is 17.7. The van der Waals surface area contributed by atoms with Gasteiger partial charge in [0.2, 0.25) is 0 Å². The lowest BCUT2D eigenvalue weighted by Crippen LogP contribution is -2.26. The number of rotatable bonds is 2. The van der Waals surface area contributed by atoms with Crippen molar-refractivity contribution in [3.63, 3.8) is 0 Å². The van der Waals surface area contributed by atoms with Gasteiger partial charge in [0.25, 0.3) is 5.91 Å². The average Bonchev–Trinajstić information content (AvgIpc) is 2.81. The van der Waals surface area contributed by atoms with Crippen LogP contribution in [0.2, 0.25) is 0 Å². The second-order valence-corrected chi connectivity index (χ2v) is 7.39. The average molecular weight is 386 g/mol. The molecule has 1 heterocycles. The lowest BCUT2D eigenvalue weighted by atomic mass is 9.84. The van der Waals surface area contributed by atoms with Gasteiger partial charge < -0.3 is 4.90 Å². The molecule has 0 fully saturated rings. The summed E-state index contributed by atoms with van der Waals surface area (Å²) in [5.41, 5.74) is 1.52. The van der Waals surface area contributed by atoms with Crippen LogP contribution in [0.1, 0.15) is 30.5 Å². The van der Waals surface area contributed by atoms with Gasteiger partial charge in [0.1, 0.15) is 0 Å². The Morgan fingerprint density at radius 2 is 1.68 bits per heavy atom. The van der Waals surface area contributed by atoms with Gasteiger partial charge in [0.15, 0.2) is 5.71 Å². The highest BCUT2D eigenvalue weighted by Crippen LogP contribution is 2.46. The molecule has 3 rings (SSSR count). The van der Waals surface area contributed by atoms with Crippen molar-refractivity contribution in [2.24, 2.45) is 4.99 Å². The topological polar surface area (TPSA) is 32.7 Å². The molecule has 0 saturated heterocycles. The van der Waals surface area contributed by atoms with Gasteiger partial charge in [-0.05, 0) is 18.6 Å². The second kappa shape index (κ2) is 6.93. The number of hydrogen-bond acceptors (Lipinski definition) is 2. The van der Waals surface area contributed by atoms with E-state index < -0.39 is 23.2 Å². The minimum Gasteiger partial charge on any atom is -0.347 e. The normalized spacial score (nSPS) is 17.8. The Morgan fingerprint density at radius 3 is 2.25 bits per heavy atom. The van der Waals surface area contributed by atoms with E-state index in [4.69, 9.17) is 0 Å². The Hall–Kier alpha value is -2.89. The second-order valence-electron chi connectivity index (χ2n) is 7.39. The quantitative estimate of drug-likeness (QED) is 0.526. The molecule has 0 atom stereocenters. The van der Waals surface area contributed by atoms with Gasteiger partial charge in [-0.15, -0.1) is 0 Å². The van der Waals surface area contributed by atoms with Crippen LogP contribution in [0.5, 0.6) is 0 Å². The lowest BCUT2D eigenvalue weighted by molar-refractivity contribution is -0.114. The SMILES string of the molecule is Cc1ccc(C(=NC(=O)C=C2N(C)c3ccccc3C2(C)C)C(F)(F)F)cc1. The van der Waals surface area contributed by atoms with E-state index in [9.17, 15) is 18.0 Å². The number of hydrogen-bond donors (Lipinski definition) is 0. The zero-order chi connectivity index (χ0) is 20.7. The van der Waals surface area contributed by atoms with E-state index in [-0.39, 0.29) is 5.56 Å². The summed E-state index contributed by atoms with van der Waals surface area (Å²) in [6.45, 7) is 5.64. The number of para-hydroxylation sites is 1. The molecule has 146 valence electrons. The number of alkyl halides is 3. The Balaban J connectivity index is 2.02.